The van der Waals surface area contributed by atoms with Crippen LogP contribution in [0.25, 0.3) is 0 Å². The van der Waals surface area contributed by atoms with Gasteiger partial charge in [-0.1, -0.05) is 11.6 Å². The summed E-state index contributed by atoms with van der Waals surface area (Å²) in [6.45, 7) is 1.28. The van der Waals surface area contributed by atoms with Gasteiger partial charge in [0, 0.05) is 30.5 Å². The molecule has 4 heteroatoms. The van der Waals surface area contributed by atoms with E-state index >= 15 is 0 Å². The molecule has 1 aromatic rings. The van der Waals surface area contributed by atoms with Gasteiger partial charge in [0.05, 0.1) is 11.6 Å². The highest BCUT2D eigenvalue weighted by Gasteiger charge is 2.23. The lowest BCUT2D eigenvalue weighted by atomic mass is 9.93. The van der Waals surface area contributed by atoms with Crippen molar-refractivity contribution in [2.75, 3.05) is 13.2 Å². The molecular formula is C11H12ClNO2. The van der Waals surface area contributed by atoms with Crippen LogP contribution in [0.15, 0.2) is 18.5 Å². The number of ether oxygens (including phenoxy) is 1. The van der Waals surface area contributed by atoms with E-state index in [4.69, 9.17) is 16.3 Å². The largest absolute Gasteiger partial charge is 0.381 e. The molecule has 0 bridgehead atoms. The molecule has 2 rings (SSSR count). The minimum Gasteiger partial charge on any atom is -0.381 e. The highest BCUT2D eigenvalue weighted by molar-refractivity contribution is 6.30. The lowest BCUT2D eigenvalue weighted by molar-refractivity contribution is 0.0461. The SMILES string of the molecule is O=C(c1cncc(Cl)c1)C1CCCOC1. The van der Waals surface area contributed by atoms with E-state index in [0.29, 0.717) is 17.2 Å². The molecule has 0 aliphatic carbocycles. The molecule has 1 unspecified atom stereocenters. The topological polar surface area (TPSA) is 39.2 Å². The Morgan fingerprint density at radius 1 is 1.53 bits per heavy atom. The minimum absolute atomic E-state index is 0.0287. The van der Waals surface area contributed by atoms with Gasteiger partial charge < -0.3 is 4.74 Å². The van der Waals surface area contributed by atoms with Crippen molar-refractivity contribution < 1.29 is 9.53 Å². The summed E-state index contributed by atoms with van der Waals surface area (Å²) in [5.74, 6) is 0.0590. The fourth-order valence-corrected chi connectivity index (χ4v) is 1.90. The standard InChI is InChI=1S/C11H12ClNO2/c12-10-4-9(5-13-6-10)11(14)8-2-1-3-15-7-8/h4-6,8H,1-3,7H2. The van der Waals surface area contributed by atoms with Gasteiger partial charge in [-0.3, -0.25) is 9.78 Å². The predicted octanol–water partition coefficient (Wildman–Crippen LogP) is 2.34. The van der Waals surface area contributed by atoms with Crippen molar-refractivity contribution in [1.29, 1.82) is 0 Å². The molecule has 0 amide bonds. The van der Waals surface area contributed by atoms with Crippen molar-refractivity contribution in [3.05, 3.63) is 29.0 Å². The van der Waals surface area contributed by atoms with E-state index < -0.39 is 0 Å². The summed E-state index contributed by atoms with van der Waals surface area (Å²) in [5, 5.41) is 0.498. The van der Waals surface area contributed by atoms with Gasteiger partial charge in [-0.25, -0.2) is 0 Å². The van der Waals surface area contributed by atoms with Crippen LogP contribution >= 0.6 is 11.6 Å². The number of ketones is 1. The molecule has 3 nitrogen and oxygen atoms in total. The molecule has 0 aromatic carbocycles. The molecule has 1 fully saturated rings. The fourth-order valence-electron chi connectivity index (χ4n) is 1.73. The van der Waals surface area contributed by atoms with E-state index in [0.717, 1.165) is 19.4 Å². The third kappa shape index (κ3) is 2.55. The molecular weight excluding hydrogens is 214 g/mol. The highest BCUT2D eigenvalue weighted by Crippen LogP contribution is 2.20. The number of pyridine rings is 1. The molecule has 80 valence electrons. The number of rotatable bonds is 2. The molecule has 1 aliphatic rings. The first-order valence-electron chi connectivity index (χ1n) is 5.00. The van der Waals surface area contributed by atoms with Gasteiger partial charge in [0.25, 0.3) is 0 Å². The Hall–Kier alpha value is -0.930. The zero-order valence-corrected chi connectivity index (χ0v) is 9.04. The Labute approximate surface area is 93.4 Å². The highest BCUT2D eigenvalue weighted by atomic mass is 35.5. The lowest BCUT2D eigenvalue weighted by Crippen LogP contribution is -2.25. The second kappa shape index (κ2) is 4.73. The molecule has 1 aliphatic heterocycles. The quantitative estimate of drug-likeness (QED) is 0.726. The molecule has 0 radical (unpaired) electrons. The molecule has 1 aromatic heterocycles. The first-order chi connectivity index (χ1) is 7.27. The van der Waals surface area contributed by atoms with Crippen LogP contribution in [-0.4, -0.2) is 24.0 Å². The number of Topliss-reactive ketones (excluding diaryl/α,β-unsaturated/α-hetero) is 1. The van der Waals surface area contributed by atoms with Crippen LogP contribution in [0.2, 0.25) is 5.02 Å². The fraction of sp³-hybridized carbons (Fsp3) is 0.455. The maximum absolute atomic E-state index is 12.0. The van der Waals surface area contributed by atoms with Gasteiger partial charge >= 0.3 is 0 Å². The summed E-state index contributed by atoms with van der Waals surface area (Å²) in [4.78, 5) is 15.9. The number of hydrogen-bond acceptors (Lipinski definition) is 3. The predicted molar refractivity (Wildman–Crippen MR) is 57.1 cm³/mol. The van der Waals surface area contributed by atoms with Gasteiger partial charge in [-0.05, 0) is 18.9 Å². The van der Waals surface area contributed by atoms with E-state index in [-0.39, 0.29) is 11.7 Å². The summed E-state index contributed by atoms with van der Waals surface area (Å²) >= 11 is 5.78. The van der Waals surface area contributed by atoms with Crippen LogP contribution in [0.3, 0.4) is 0 Å². The first kappa shape index (κ1) is 10.6. The number of carbonyl (C=O) groups is 1. The summed E-state index contributed by atoms with van der Waals surface area (Å²) in [5.41, 5.74) is 0.581. The van der Waals surface area contributed by atoms with Crippen molar-refractivity contribution >= 4 is 17.4 Å². The van der Waals surface area contributed by atoms with E-state index in [1.807, 2.05) is 0 Å². The maximum Gasteiger partial charge on any atom is 0.169 e. The Balaban J connectivity index is 2.12. The van der Waals surface area contributed by atoms with Gasteiger partial charge in [0.15, 0.2) is 5.78 Å². The van der Waals surface area contributed by atoms with Crippen LogP contribution in [-0.2, 0) is 4.74 Å². The van der Waals surface area contributed by atoms with Crippen LogP contribution in [0.5, 0.6) is 0 Å². The number of aromatic nitrogens is 1. The molecule has 2 heterocycles. The van der Waals surface area contributed by atoms with Crippen molar-refractivity contribution in [3.63, 3.8) is 0 Å². The summed E-state index contributed by atoms with van der Waals surface area (Å²) in [7, 11) is 0. The van der Waals surface area contributed by atoms with Gasteiger partial charge in [-0.15, -0.1) is 0 Å². The summed E-state index contributed by atoms with van der Waals surface area (Å²) < 4.78 is 5.28. The monoisotopic (exact) mass is 225 g/mol. The normalized spacial score (nSPS) is 21.3. The van der Waals surface area contributed by atoms with Gasteiger partial charge in [-0.2, -0.15) is 0 Å². The number of halogens is 1. The Morgan fingerprint density at radius 3 is 3.07 bits per heavy atom. The number of carbonyl (C=O) groups excluding carboxylic acids is 1. The van der Waals surface area contributed by atoms with Crippen LogP contribution in [0.1, 0.15) is 23.2 Å². The van der Waals surface area contributed by atoms with Crippen molar-refractivity contribution in [3.8, 4) is 0 Å². The van der Waals surface area contributed by atoms with Crippen LogP contribution < -0.4 is 0 Å². The molecule has 0 spiro atoms. The third-order valence-corrected chi connectivity index (χ3v) is 2.73. The zero-order chi connectivity index (χ0) is 10.7. The molecule has 1 saturated heterocycles. The van der Waals surface area contributed by atoms with Crippen molar-refractivity contribution in [2.24, 2.45) is 5.92 Å². The second-order valence-corrected chi connectivity index (χ2v) is 4.11. The van der Waals surface area contributed by atoms with E-state index in [1.54, 1.807) is 12.3 Å². The third-order valence-electron chi connectivity index (χ3n) is 2.52. The lowest BCUT2D eigenvalue weighted by Gasteiger charge is -2.20. The number of hydrogen-bond donors (Lipinski definition) is 0. The maximum atomic E-state index is 12.0. The molecule has 1 atom stereocenters. The minimum atomic E-state index is -0.0287. The summed E-state index contributed by atoms with van der Waals surface area (Å²) in [6, 6.07) is 1.66. The van der Waals surface area contributed by atoms with Gasteiger partial charge in [0.2, 0.25) is 0 Å². The Morgan fingerprint density at radius 2 is 2.40 bits per heavy atom. The van der Waals surface area contributed by atoms with E-state index in [2.05, 4.69) is 4.98 Å². The van der Waals surface area contributed by atoms with Crippen LogP contribution in [0.4, 0.5) is 0 Å². The summed E-state index contributed by atoms with van der Waals surface area (Å²) in [6.07, 6.45) is 4.92. The average Bonchev–Trinajstić information content (AvgIpc) is 2.29. The molecule has 0 N–H and O–H groups in total. The first-order valence-corrected chi connectivity index (χ1v) is 5.37. The average molecular weight is 226 g/mol. The van der Waals surface area contributed by atoms with Crippen molar-refractivity contribution in [2.45, 2.75) is 12.8 Å². The zero-order valence-electron chi connectivity index (χ0n) is 8.28. The van der Waals surface area contributed by atoms with E-state index in [1.165, 1.54) is 6.20 Å². The molecule has 0 saturated carbocycles. The van der Waals surface area contributed by atoms with Crippen molar-refractivity contribution in [1.82, 2.24) is 4.98 Å². The second-order valence-electron chi connectivity index (χ2n) is 3.67. The Bertz CT molecular complexity index is 361. The Kier molecular flexibility index (Phi) is 3.34. The van der Waals surface area contributed by atoms with E-state index in [9.17, 15) is 4.79 Å². The smallest absolute Gasteiger partial charge is 0.169 e. The van der Waals surface area contributed by atoms with Gasteiger partial charge in [0.1, 0.15) is 0 Å². The molecule has 15 heavy (non-hydrogen) atoms. The van der Waals surface area contributed by atoms with Crippen LogP contribution in [0, 0.1) is 5.92 Å². The number of nitrogens with zero attached hydrogens (tertiary/aromatic N) is 1.